The van der Waals surface area contributed by atoms with E-state index in [0.29, 0.717) is 34.6 Å². The molecule has 1 atom stereocenters. The highest BCUT2D eigenvalue weighted by Gasteiger charge is 2.24. The summed E-state index contributed by atoms with van der Waals surface area (Å²) in [6.07, 6.45) is 2.01. The number of rotatable bonds is 3. The molecule has 0 bridgehead atoms. The SMILES string of the molecule is Cc1nc2c(c(=O)n1C[C@@H]1CCCO1)c1nc3ccccc3nc1n2-c1ccc(Br)cc1. The van der Waals surface area contributed by atoms with Crippen LogP contribution < -0.4 is 5.56 Å². The average molecular weight is 490 g/mol. The number of ether oxygens (including phenoxy) is 1. The number of fused-ring (bicyclic) bond motifs is 4. The Morgan fingerprint density at radius 2 is 1.78 bits per heavy atom. The first-order valence-corrected chi connectivity index (χ1v) is 11.5. The van der Waals surface area contributed by atoms with Gasteiger partial charge in [-0.15, -0.1) is 0 Å². The smallest absolute Gasteiger partial charge is 0.265 e. The van der Waals surface area contributed by atoms with E-state index in [2.05, 4.69) is 15.9 Å². The van der Waals surface area contributed by atoms with Gasteiger partial charge < -0.3 is 4.74 Å². The van der Waals surface area contributed by atoms with E-state index in [1.54, 1.807) is 4.57 Å². The van der Waals surface area contributed by atoms with Gasteiger partial charge in [-0.3, -0.25) is 13.9 Å². The van der Waals surface area contributed by atoms with Crippen molar-refractivity contribution in [3.05, 3.63) is 69.2 Å². The molecule has 160 valence electrons. The van der Waals surface area contributed by atoms with Crippen LogP contribution in [0, 0.1) is 6.92 Å². The van der Waals surface area contributed by atoms with Gasteiger partial charge in [0, 0.05) is 16.8 Å². The standard InChI is InChI=1S/C24H20BrN5O2/c1-14-26-22-20(24(31)29(14)13-17-5-4-12-32-17)21-23(28-19-7-3-2-6-18(19)27-21)30(22)16-10-8-15(25)9-11-16/h2-3,6-11,17H,4-5,12-13H2,1H3/t17-/m0/s1. The summed E-state index contributed by atoms with van der Waals surface area (Å²) in [4.78, 5) is 28.4. The van der Waals surface area contributed by atoms with E-state index < -0.39 is 0 Å². The van der Waals surface area contributed by atoms with Gasteiger partial charge in [-0.05, 0) is 56.2 Å². The zero-order chi connectivity index (χ0) is 21.8. The van der Waals surface area contributed by atoms with Crippen molar-refractivity contribution >= 4 is 49.2 Å². The average Bonchev–Trinajstić information content (AvgIpc) is 3.41. The summed E-state index contributed by atoms with van der Waals surface area (Å²) in [6.45, 7) is 3.12. The van der Waals surface area contributed by atoms with Gasteiger partial charge in [0.1, 0.15) is 16.7 Å². The lowest BCUT2D eigenvalue weighted by Crippen LogP contribution is -2.29. The summed E-state index contributed by atoms with van der Waals surface area (Å²) < 4.78 is 10.4. The largest absolute Gasteiger partial charge is 0.376 e. The summed E-state index contributed by atoms with van der Waals surface area (Å²) in [5.74, 6) is 0.656. The summed E-state index contributed by atoms with van der Waals surface area (Å²) in [7, 11) is 0. The monoisotopic (exact) mass is 489 g/mol. The van der Waals surface area contributed by atoms with E-state index in [-0.39, 0.29) is 11.7 Å². The molecular formula is C24H20BrN5O2. The van der Waals surface area contributed by atoms with Gasteiger partial charge >= 0.3 is 0 Å². The first-order valence-electron chi connectivity index (χ1n) is 10.7. The number of hydrogen-bond acceptors (Lipinski definition) is 5. The van der Waals surface area contributed by atoms with Gasteiger partial charge in [0.05, 0.1) is 23.7 Å². The molecule has 2 aromatic carbocycles. The highest BCUT2D eigenvalue weighted by Crippen LogP contribution is 2.29. The quantitative estimate of drug-likeness (QED) is 0.372. The molecule has 7 nitrogen and oxygen atoms in total. The lowest BCUT2D eigenvalue weighted by Gasteiger charge is -2.14. The van der Waals surface area contributed by atoms with Crippen molar-refractivity contribution in [2.24, 2.45) is 0 Å². The Hall–Kier alpha value is -3.10. The lowest BCUT2D eigenvalue weighted by atomic mass is 10.2. The molecule has 1 aliphatic heterocycles. The minimum Gasteiger partial charge on any atom is -0.376 e. The Kier molecular flexibility index (Phi) is 4.58. The highest BCUT2D eigenvalue weighted by molar-refractivity contribution is 9.10. The summed E-state index contributed by atoms with van der Waals surface area (Å²) in [5, 5.41) is 0.491. The molecule has 0 radical (unpaired) electrons. The summed E-state index contributed by atoms with van der Waals surface area (Å²) in [5.41, 5.74) is 4.07. The second-order valence-corrected chi connectivity index (χ2v) is 9.02. The topological polar surface area (TPSA) is 74.8 Å². The van der Waals surface area contributed by atoms with Gasteiger partial charge in [-0.2, -0.15) is 0 Å². The number of aromatic nitrogens is 5. The third-order valence-corrected chi connectivity index (χ3v) is 6.58. The molecule has 0 unspecified atom stereocenters. The fourth-order valence-electron chi connectivity index (χ4n) is 4.47. The van der Waals surface area contributed by atoms with Crippen LogP contribution >= 0.6 is 15.9 Å². The van der Waals surface area contributed by atoms with Crippen molar-refractivity contribution in [2.75, 3.05) is 6.61 Å². The zero-order valence-electron chi connectivity index (χ0n) is 17.5. The number of nitrogens with zero attached hydrogens (tertiary/aromatic N) is 5. The number of hydrogen-bond donors (Lipinski definition) is 0. The predicted molar refractivity (Wildman–Crippen MR) is 127 cm³/mol. The normalized spacial score (nSPS) is 16.5. The maximum absolute atomic E-state index is 13.8. The van der Waals surface area contributed by atoms with E-state index in [0.717, 1.165) is 40.6 Å². The maximum Gasteiger partial charge on any atom is 0.265 e. The molecule has 8 heteroatoms. The van der Waals surface area contributed by atoms with Crippen LogP contribution in [0.5, 0.6) is 0 Å². The minimum atomic E-state index is -0.103. The zero-order valence-corrected chi connectivity index (χ0v) is 19.0. The van der Waals surface area contributed by atoms with E-state index in [4.69, 9.17) is 19.7 Å². The van der Waals surface area contributed by atoms with Crippen LogP contribution in [0.25, 0.3) is 38.9 Å². The Morgan fingerprint density at radius 3 is 2.50 bits per heavy atom. The Labute approximate surface area is 191 Å². The molecule has 1 aliphatic rings. The van der Waals surface area contributed by atoms with Crippen LogP contribution in [0.3, 0.4) is 0 Å². The number of aryl methyl sites for hydroxylation is 1. The number of benzene rings is 2. The molecule has 0 spiro atoms. The second-order valence-electron chi connectivity index (χ2n) is 8.10. The van der Waals surface area contributed by atoms with Crippen LogP contribution in [0.2, 0.25) is 0 Å². The van der Waals surface area contributed by atoms with Crippen LogP contribution in [0.15, 0.2) is 57.8 Å². The van der Waals surface area contributed by atoms with Gasteiger partial charge in [0.25, 0.3) is 5.56 Å². The fourth-order valence-corrected chi connectivity index (χ4v) is 4.74. The molecule has 0 N–H and O–H groups in total. The number of halogens is 1. The van der Waals surface area contributed by atoms with Crippen molar-refractivity contribution in [3.8, 4) is 5.69 Å². The summed E-state index contributed by atoms with van der Waals surface area (Å²) in [6, 6.07) is 15.6. The second kappa shape index (κ2) is 7.50. The van der Waals surface area contributed by atoms with E-state index in [1.165, 1.54) is 0 Å². The Morgan fingerprint density at radius 1 is 1.03 bits per heavy atom. The lowest BCUT2D eigenvalue weighted by molar-refractivity contribution is 0.0955. The molecule has 0 amide bonds. The molecule has 1 saturated heterocycles. The van der Waals surface area contributed by atoms with Crippen molar-refractivity contribution in [3.63, 3.8) is 0 Å². The van der Waals surface area contributed by atoms with Crippen molar-refractivity contribution < 1.29 is 4.74 Å². The molecular weight excluding hydrogens is 470 g/mol. The third kappa shape index (κ3) is 3.05. The van der Waals surface area contributed by atoms with Crippen molar-refractivity contribution in [1.82, 2.24) is 24.1 Å². The molecule has 1 fully saturated rings. The van der Waals surface area contributed by atoms with E-state index in [1.807, 2.05) is 60.0 Å². The Balaban J connectivity index is 1.71. The predicted octanol–water partition coefficient (Wildman–Crippen LogP) is 4.53. The van der Waals surface area contributed by atoms with Crippen LogP contribution in [0.4, 0.5) is 0 Å². The number of para-hydroxylation sites is 2. The first kappa shape index (κ1) is 19.6. The van der Waals surface area contributed by atoms with Crippen LogP contribution in [0.1, 0.15) is 18.7 Å². The van der Waals surface area contributed by atoms with E-state index >= 15 is 0 Å². The summed E-state index contributed by atoms with van der Waals surface area (Å²) >= 11 is 3.50. The van der Waals surface area contributed by atoms with Gasteiger partial charge in [-0.1, -0.05) is 28.1 Å². The highest BCUT2D eigenvalue weighted by atomic mass is 79.9. The van der Waals surface area contributed by atoms with Gasteiger partial charge in [0.2, 0.25) is 0 Å². The molecule has 3 aromatic heterocycles. The molecule has 0 saturated carbocycles. The van der Waals surface area contributed by atoms with E-state index in [9.17, 15) is 4.79 Å². The molecule has 6 rings (SSSR count). The fraction of sp³-hybridized carbons (Fsp3) is 0.250. The maximum atomic E-state index is 13.8. The van der Waals surface area contributed by atoms with Crippen LogP contribution in [-0.2, 0) is 11.3 Å². The first-order chi connectivity index (χ1) is 15.6. The Bertz CT molecular complexity index is 1550. The third-order valence-electron chi connectivity index (χ3n) is 6.05. The van der Waals surface area contributed by atoms with Crippen molar-refractivity contribution in [1.29, 1.82) is 0 Å². The molecule has 5 aromatic rings. The minimum absolute atomic E-state index is 0.0392. The van der Waals surface area contributed by atoms with Gasteiger partial charge in [0.15, 0.2) is 11.3 Å². The molecule has 32 heavy (non-hydrogen) atoms. The molecule has 0 aliphatic carbocycles. The van der Waals surface area contributed by atoms with Crippen LogP contribution in [-0.4, -0.2) is 36.8 Å². The van der Waals surface area contributed by atoms with Gasteiger partial charge in [-0.25, -0.2) is 15.0 Å². The molecule has 4 heterocycles. The van der Waals surface area contributed by atoms with Crippen molar-refractivity contribution in [2.45, 2.75) is 32.4 Å².